The fourth-order valence-electron chi connectivity index (χ4n) is 3.26. The molecule has 4 rings (SSSR count). The number of carboxylic acid groups (broad SMARTS) is 1. The van der Waals surface area contributed by atoms with E-state index in [9.17, 15) is 14.7 Å². The van der Waals surface area contributed by atoms with Crippen molar-refractivity contribution in [3.05, 3.63) is 57.7 Å². The van der Waals surface area contributed by atoms with E-state index in [-0.39, 0.29) is 36.4 Å². The van der Waals surface area contributed by atoms with Crippen LogP contribution in [0.1, 0.15) is 44.3 Å². The molecule has 1 aliphatic heterocycles. The summed E-state index contributed by atoms with van der Waals surface area (Å²) in [6.45, 7) is 2.40. The van der Waals surface area contributed by atoms with Gasteiger partial charge in [0.1, 0.15) is 11.3 Å². The van der Waals surface area contributed by atoms with Crippen LogP contribution in [0.2, 0.25) is 0 Å². The summed E-state index contributed by atoms with van der Waals surface area (Å²) < 4.78 is 1.77. The fourth-order valence-corrected chi connectivity index (χ4v) is 4.42. The van der Waals surface area contributed by atoms with E-state index in [0.29, 0.717) is 18.7 Å². The topological polar surface area (TPSA) is 77.7 Å². The number of pyridine rings is 1. The zero-order valence-electron chi connectivity index (χ0n) is 13.9. The first kappa shape index (κ1) is 17.7. The van der Waals surface area contributed by atoms with Crippen LogP contribution >= 0.6 is 11.3 Å². The molecule has 0 aliphatic carbocycles. The fraction of sp³-hybridized carbons (Fsp3) is 0.235. The summed E-state index contributed by atoms with van der Waals surface area (Å²) in [5, 5.41) is 12.8. The van der Waals surface area contributed by atoms with E-state index in [0.717, 1.165) is 16.1 Å². The van der Waals surface area contributed by atoms with Gasteiger partial charge in [-0.25, -0.2) is 4.98 Å². The van der Waals surface area contributed by atoms with E-state index in [4.69, 9.17) is 0 Å². The predicted octanol–water partition coefficient (Wildman–Crippen LogP) is -1.48. The van der Waals surface area contributed by atoms with E-state index >= 15 is 0 Å². The normalized spacial score (nSPS) is 16.4. The van der Waals surface area contributed by atoms with Crippen LogP contribution in [0.4, 0.5) is 0 Å². The van der Waals surface area contributed by atoms with Crippen molar-refractivity contribution >= 4 is 28.9 Å². The average Bonchev–Trinajstić information content (AvgIpc) is 3.19. The minimum atomic E-state index is -1.15. The van der Waals surface area contributed by atoms with E-state index in [1.54, 1.807) is 20.9 Å². The molecule has 0 spiro atoms. The molecule has 0 saturated carbocycles. The number of carbonyl (C=O) groups is 2. The van der Waals surface area contributed by atoms with Gasteiger partial charge in [0.2, 0.25) is 0 Å². The van der Waals surface area contributed by atoms with Gasteiger partial charge < -0.3 is 14.8 Å². The molecule has 0 radical (unpaired) electrons. The summed E-state index contributed by atoms with van der Waals surface area (Å²) in [4.78, 5) is 31.1. The first-order chi connectivity index (χ1) is 11.6. The van der Waals surface area contributed by atoms with Gasteiger partial charge >= 0.3 is 18.9 Å². The van der Waals surface area contributed by atoms with Crippen LogP contribution in [-0.4, -0.2) is 32.7 Å². The Hall–Kier alpha value is -2.07. The number of imidazole rings is 1. The molecule has 0 aromatic carbocycles. The van der Waals surface area contributed by atoms with Crippen LogP contribution in [-0.2, 0) is 6.42 Å². The third kappa shape index (κ3) is 2.78. The van der Waals surface area contributed by atoms with Gasteiger partial charge in [-0.05, 0) is 31.0 Å². The van der Waals surface area contributed by atoms with Gasteiger partial charge in [0.15, 0.2) is 0 Å². The average molecular weight is 347 g/mol. The number of carboxylic acids is 1. The largest absolute Gasteiger partial charge is 1.00 e. The Morgan fingerprint density at radius 3 is 2.92 bits per heavy atom. The van der Waals surface area contributed by atoms with Crippen molar-refractivity contribution in [3.8, 4) is 0 Å². The Kier molecular flexibility index (Phi) is 4.74. The summed E-state index contributed by atoms with van der Waals surface area (Å²) in [6, 6.07) is 5.40. The summed E-state index contributed by atoms with van der Waals surface area (Å²) in [7, 11) is 0. The second-order valence-corrected chi connectivity index (χ2v) is 6.69. The Morgan fingerprint density at radius 1 is 1.36 bits per heavy atom. The van der Waals surface area contributed by atoms with Gasteiger partial charge in [0, 0.05) is 28.6 Å². The van der Waals surface area contributed by atoms with Crippen LogP contribution in [0, 0.1) is 0 Å². The molecule has 3 aromatic heterocycles. The molecule has 122 valence electrons. The van der Waals surface area contributed by atoms with Crippen LogP contribution in [0.3, 0.4) is 0 Å². The number of nitrogens with zero attached hydrogens (tertiary/aromatic N) is 3. The number of hydrogen-bond donors (Lipinski definition) is 0. The Morgan fingerprint density at radius 2 is 2.16 bits per heavy atom. The van der Waals surface area contributed by atoms with E-state index in [1.807, 2.05) is 31.3 Å². The molecule has 1 aliphatic rings. The molecule has 1 amide bonds. The van der Waals surface area contributed by atoms with Crippen molar-refractivity contribution in [3.63, 3.8) is 0 Å². The Labute approximate surface area is 160 Å². The smallest absolute Gasteiger partial charge is 0.545 e. The molecule has 1 atom stereocenters. The van der Waals surface area contributed by atoms with Crippen molar-refractivity contribution in [2.75, 3.05) is 6.54 Å². The van der Waals surface area contributed by atoms with Crippen LogP contribution in [0.5, 0.6) is 0 Å². The zero-order chi connectivity index (χ0) is 16.8. The standard InChI is InChI=1S/C17H15N3O3S.Li/c1-10-15-11(12(9-24-15)17(22)23)5-7-19(10)16(21)13-8-18-14-4-2-3-6-20(13)14;/h2-4,6,8-10H,5,7H2,1H3,(H,22,23);/q;+1/p-1/t10-;/m1./s1. The number of thiophene rings is 1. The van der Waals surface area contributed by atoms with E-state index in [1.165, 1.54) is 11.3 Å². The summed E-state index contributed by atoms with van der Waals surface area (Å²) in [6.07, 6.45) is 3.92. The predicted molar refractivity (Wildman–Crippen MR) is 87.0 cm³/mol. The van der Waals surface area contributed by atoms with Gasteiger partial charge in [0.05, 0.1) is 18.2 Å². The molecule has 0 unspecified atom stereocenters. The SMILES string of the molecule is C[C@@H]1c2scc(C(=O)[O-])c2CCN1C(=O)c1cnc2ccccn12.[Li+]. The van der Waals surface area contributed by atoms with Crippen molar-refractivity contribution in [1.82, 2.24) is 14.3 Å². The number of aromatic nitrogens is 2. The van der Waals surface area contributed by atoms with Crippen LogP contribution in [0.25, 0.3) is 5.65 Å². The molecular weight excluding hydrogens is 333 g/mol. The molecule has 0 N–H and O–H groups in total. The number of hydrogen-bond acceptors (Lipinski definition) is 5. The Bertz CT molecular complexity index is 965. The minimum absolute atomic E-state index is 0. The number of amides is 1. The number of aromatic carboxylic acids is 1. The van der Waals surface area contributed by atoms with Gasteiger partial charge in [-0.2, -0.15) is 0 Å². The van der Waals surface area contributed by atoms with Gasteiger partial charge in [-0.3, -0.25) is 9.20 Å². The summed E-state index contributed by atoms with van der Waals surface area (Å²) >= 11 is 1.37. The number of carbonyl (C=O) groups excluding carboxylic acids is 2. The van der Waals surface area contributed by atoms with Gasteiger partial charge in [-0.15, -0.1) is 11.3 Å². The maximum Gasteiger partial charge on any atom is 1.00 e. The minimum Gasteiger partial charge on any atom is -0.545 e. The number of rotatable bonds is 2. The Balaban J connectivity index is 0.00000182. The molecule has 8 heteroatoms. The second kappa shape index (κ2) is 6.68. The van der Waals surface area contributed by atoms with Crippen molar-refractivity contribution in [1.29, 1.82) is 0 Å². The quantitative estimate of drug-likeness (QED) is 0.530. The molecule has 0 bridgehead atoms. The van der Waals surface area contributed by atoms with Gasteiger partial charge in [0.25, 0.3) is 5.91 Å². The molecule has 25 heavy (non-hydrogen) atoms. The summed E-state index contributed by atoms with van der Waals surface area (Å²) in [5.74, 6) is -1.25. The molecule has 4 heterocycles. The third-order valence-electron chi connectivity index (χ3n) is 4.49. The monoisotopic (exact) mass is 347 g/mol. The van der Waals surface area contributed by atoms with Crippen molar-refractivity contribution in [2.24, 2.45) is 0 Å². The number of fused-ring (bicyclic) bond motifs is 2. The maximum absolute atomic E-state index is 13.0. The van der Waals surface area contributed by atoms with Crippen LogP contribution in [0.15, 0.2) is 36.0 Å². The third-order valence-corrected chi connectivity index (χ3v) is 5.69. The molecular formula is C17H14LiN3O3S. The molecule has 3 aromatic rings. The first-order valence-electron chi connectivity index (χ1n) is 7.62. The first-order valence-corrected chi connectivity index (χ1v) is 8.50. The van der Waals surface area contributed by atoms with Crippen LogP contribution < -0.4 is 24.0 Å². The van der Waals surface area contributed by atoms with Crippen molar-refractivity contribution < 1.29 is 33.6 Å². The second-order valence-electron chi connectivity index (χ2n) is 5.78. The van der Waals surface area contributed by atoms with E-state index < -0.39 is 5.97 Å². The summed E-state index contributed by atoms with van der Waals surface area (Å²) in [5.41, 5.74) is 2.29. The molecule has 0 fully saturated rings. The zero-order valence-corrected chi connectivity index (χ0v) is 14.7. The van der Waals surface area contributed by atoms with E-state index in [2.05, 4.69) is 4.98 Å². The molecule has 6 nitrogen and oxygen atoms in total. The van der Waals surface area contributed by atoms with Crippen molar-refractivity contribution in [2.45, 2.75) is 19.4 Å². The van der Waals surface area contributed by atoms with Gasteiger partial charge in [-0.1, -0.05) is 6.07 Å². The molecule has 0 saturated heterocycles. The maximum atomic E-state index is 13.0.